The lowest BCUT2D eigenvalue weighted by Gasteiger charge is -2.25. The first-order valence-electron chi connectivity index (χ1n) is 6.92. The Labute approximate surface area is 130 Å². The van der Waals surface area contributed by atoms with Gasteiger partial charge in [0.25, 0.3) is 0 Å². The van der Waals surface area contributed by atoms with Gasteiger partial charge in [-0.2, -0.15) is 0 Å². The van der Waals surface area contributed by atoms with Crippen LogP contribution in [0.2, 0.25) is 19.6 Å². The highest BCUT2D eigenvalue weighted by Crippen LogP contribution is 2.21. The first kappa shape index (κ1) is 18.2. The van der Waals surface area contributed by atoms with Crippen LogP contribution in [-0.2, 0) is 6.42 Å². The molecule has 1 aromatic carbocycles. The van der Waals surface area contributed by atoms with Crippen molar-refractivity contribution in [2.45, 2.75) is 45.4 Å². The quantitative estimate of drug-likeness (QED) is 0.656. The summed E-state index contributed by atoms with van der Waals surface area (Å²) >= 11 is 0. The first-order valence-corrected chi connectivity index (χ1v) is 10.4. The molecule has 22 heavy (non-hydrogen) atoms. The van der Waals surface area contributed by atoms with Crippen LogP contribution in [-0.4, -0.2) is 24.8 Å². The van der Waals surface area contributed by atoms with E-state index in [0.29, 0.717) is 0 Å². The third-order valence-electron chi connectivity index (χ3n) is 2.80. The predicted molar refractivity (Wildman–Crippen MR) is 85.5 cm³/mol. The zero-order valence-electron chi connectivity index (χ0n) is 13.5. The van der Waals surface area contributed by atoms with Gasteiger partial charge in [0.05, 0.1) is 0 Å². The molecule has 0 bridgehead atoms. The number of benzene rings is 1. The van der Waals surface area contributed by atoms with E-state index in [9.17, 15) is 13.6 Å². The number of rotatable bonds is 3. The topological polar surface area (TPSA) is 49.3 Å². The lowest BCUT2D eigenvalue weighted by atomic mass is 9.91. The Hall–Kier alpha value is -1.87. The number of halogens is 2. The molecule has 0 heterocycles. The summed E-state index contributed by atoms with van der Waals surface area (Å²) in [5.41, 5.74) is 2.70. The van der Waals surface area contributed by atoms with Gasteiger partial charge in [-0.05, 0) is 26.3 Å². The molecule has 0 fully saturated rings. The zero-order chi connectivity index (χ0) is 17.1. The second kappa shape index (κ2) is 6.49. The van der Waals surface area contributed by atoms with Gasteiger partial charge in [0.15, 0.2) is 0 Å². The molecule has 1 rings (SSSR count). The number of hydrogen-bond donors (Lipinski definition) is 2. The number of amides is 1. The van der Waals surface area contributed by atoms with Gasteiger partial charge in [0.2, 0.25) is 0 Å². The van der Waals surface area contributed by atoms with Crippen molar-refractivity contribution in [2.75, 3.05) is 0 Å². The molecule has 6 heteroatoms. The van der Waals surface area contributed by atoms with Gasteiger partial charge in [0, 0.05) is 22.7 Å². The van der Waals surface area contributed by atoms with Crippen LogP contribution < -0.4 is 5.32 Å². The summed E-state index contributed by atoms with van der Waals surface area (Å²) in [6.07, 6.45) is -1.11. The highest BCUT2D eigenvalue weighted by molar-refractivity contribution is 6.83. The molecule has 0 unspecified atom stereocenters. The Bertz CT molecular complexity index is 640. The maximum absolute atomic E-state index is 14.1. The summed E-state index contributed by atoms with van der Waals surface area (Å²) < 4.78 is 27.6. The molecule has 0 atom stereocenters. The maximum atomic E-state index is 14.1. The molecule has 0 radical (unpaired) electrons. The molecule has 0 spiro atoms. The number of carboxylic acid groups (broad SMARTS) is 1. The third kappa shape index (κ3) is 5.86. The molecule has 0 aliphatic carbocycles. The molecular weight excluding hydrogens is 304 g/mol. The van der Waals surface area contributed by atoms with Crippen molar-refractivity contribution in [2.24, 2.45) is 0 Å². The summed E-state index contributed by atoms with van der Waals surface area (Å²) in [5, 5.41) is 11.2. The van der Waals surface area contributed by atoms with Crippen LogP contribution in [0.4, 0.5) is 13.6 Å². The second-order valence-corrected chi connectivity index (χ2v) is 11.7. The van der Waals surface area contributed by atoms with Crippen molar-refractivity contribution in [1.29, 1.82) is 0 Å². The standard InChI is InChI=1S/C16H21F2NO2Si/c1-16(2,19-15(20)21)10-13-11(6-7-22(3,4)5)8-12(17)9-14(13)18/h8-9,19H,10H2,1-5H3,(H,20,21). The average Bonchev–Trinajstić information content (AvgIpc) is 2.27. The van der Waals surface area contributed by atoms with Crippen LogP contribution in [0, 0.1) is 23.1 Å². The molecule has 1 amide bonds. The third-order valence-corrected chi connectivity index (χ3v) is 3.67. The summed E-state index contributed by atoms with van der Waals surface area (Å²) in [5.74, 6) is 1.47. The van der Waals surface area contributed by atoms with Crippen LogP contribution in [0.3, 0.4) is 0 Å². The summed E-state index contributed by atoms with van der Waals surface area (Å²) in [7, 11) is -1.70. The Morgan fingerprint density at radius 3 is 2.41 bits per heavy atom. The van der Waals surface area contributed by atoms with E-state index in [1.165, 1.54) is 6.07 Å². The van der Waals surface area contributed by atoms with Crippen LogP contribution in [0.25, 0.3) is 0 Å². The fourth-order valence-corrected chi connectivity index (χ4v) is 2.43. The smallest absolute Gasteiger partial charge is 0.405 e. The first-order chi connectivity index (χ1) is 9.89. The SMILES string of the molecule is CC(C)(Cc1c(F)cc(F)cc1C#C[Si](C)(C)C)NC(=O)O. The molecule has 0 saturated heterocycles. The van der Waals surface area contributed by atoms with Gasteiger partial charge < -0.3 is 10.4 Å². The minimum absolute atomic E-state index is 0.0844. The van der Waals surface area contributed by atoms with E-state index in [2.05, 4.69) is 16.8 Å². The maximum Gasteiger partial charge on any atom is 0.405 e. The van der Waals surface area contributed by atoms with Crippen molar-refractivity contribution in [3.63, 3.8) is 0 Å². The van der Waals surface area contributed by atoms with Gasteiger partial charge in [-0.15, -0.1) is 5.54 Å². The molecular formula is C16H21F2NO2Si. The van der Waals surface area contributed by atoms with Crippen LogP contribution in [0.5, 0.6) is 0 Å². The van der Waals surface area contributed by atoms with Crippen LogP contribution in [0.1, 0.15) is 25.0 Å². The van der Waals surface area contributed by atoms with Gasteiger partial charge in [-0.1, -0.05) is 25.6 Å². The average molecular weight is 325 g/mol. The normalized spacial score (nSPS) is 11.6. The summed E-state index contributed by atoms with van der Waals surface area (Å²) in [4.78, 5) is 10.8. The summed E-state index contributed by atoms with van der Waals surface area (Å²) in [6, 6.07) is 1.99. The van der Waals surface area contributed by atoms with Gasteiger partial charge in [0.1, 0.15) is 19.7 Å². The Morgan fingerprint density at radius 2 is 1.91 bits per heavy atom. The Balaban J connectivity index is 3.28. The van der Waals surface area contributed by atoms with Crippen molar-refractivity contribution in [3.05, 3.63) is 34.9 Å². The summed E-state index contributed by atoms with van der Waals surface area (Å²) in [6.45, 7) is 9.38. The van der Waals surface area contributed by atoms with E-state index in [4.69, 9.17) is 5.11 Å². The molecule has 0 aromatic heterocycles. The van der Waals surface area contributed by atoms with E-state index in [0.717, 1.165) is 6.07 Å². The molecule has 120 valence electrons. The van der Waals surface area contributed by atoms with Crippen molar-refractivity contribution in [3.8, 4) is 11.5 Å². The minimum Gasteiger partial charge on any atom is -0.465 e. The van der Waals surface area contributed by atoms with Crippen molar-refractivity contribution >= 4 is 14.2 Å². The van der Waals surface area contributed by atoms with E-state index >= 15 is 0 Å². The number of carbonyl (C=O) groups is 1. The highest BCUT2D eigenvalue weighted by atomic mass is 28.3. The molecule has 0 saturated carbocycles. The monoisotopic (exact) mass is 325 g/mol. The van der Waals surface area contributed by atoms with E-state index < -0.39 is 31.3 Å². The molecule has 0 aliphatic rings. The molecule has 2 N–H and O–H groups in total. The Kier molecular flexibility index (Phi) is 5.36. The zero-order valence-corrected chi connectivity index (χ0v) is 14.5. The van der Waals surface area contributed by atoms with E-state index in [1.54, 1.807) is 13.8 Å². The van der Waals surface area contributed by atoms with Crippen LogP contribution >= 0.6 is 0 Å². The molecule has 1 aromatic rings. The van der Waals surface area contributed by atoms with E-state index in [-0.39, 0.29) is 17.5 Å². The lowest BCUT2D eigenvalue weighted by Crippen LogP contribution is -2.44. The van der Waals surface area contributed by atoms with Crippen LogP contribution in [0.15, 0.2) is 12.1 Å². The van der Waals surface area contributed by atoms with Gasteiger partial charge in [-0.3, -0.25) is 0 Å². The van der Waals surface area contributed by atoms with Crippen molar-refractivity contribution in [1.82, 2.24) is 5.32 Å². The highest BCUT2D eigenvalue weighted by Gasteiger charge is 2.24. The second-order valence-electron chi connectivity index (χ2n) is 6.90. The molecule has 0 aliphatic heterocycles. The van der Waals surface area contributed by atoms with Crippen molar-refractivity contribution < 1.29 is 18.7 Å². The lowest BCUT2D eigenvalue weighted by molar-refractivity contribution is 0.182. The Morgan fingerprint density at radius 1 is 1.32 bits per heavy atom. The predicted octanol–water partition coefficient (Wildman–Crippen LogP) is 3.78. The largest absolute Gasteiger partial charge is 0.465 e. The fraction of sp³-hybridized carbons (Fsp3) is 0.438. The number of hydrogen-bond acceptors (Lipinski definition) is 1. The van der Waals surface area contributed by atoms with E-state index in [1.807, 2.05) is 19.6 Å². The number of nitrogens with one attached hydrogen (secondary N) is 1. The minimum atomic E-state index is -1.70. The van der Waals surface area contributed by atoms with Gasteiger partial charge in [-0.25, -0.2) is 13.6 Å². The fourth-order valence-electron chi connectivity index (χ4n) is 1.93. The van der Waals surface area contributed by atoms with Gasteiger partial charge >= 0.3 is 6.09 Å². The molecule has 3 nitrogen and oxygen atoms in total.